The first kappa shape index (κ1) is 21.5. The van der Waals surface area contributed by atoms with Crippen LogP contribution in [0.25, 0.3) is 27.8 Å². The Morgan fingerprint density at radius 2 is 1.91 bits per heavy atom. The van der Waals surface area contributed by atoms with Crippen molar-refractivity contribution in [2.24, 2.45) is 0 Å². The lowest BCUT2D eigenvalue weighted by Gasteiger charge is -2.10. The molecule has 0 aliphatic rings. The average Bonchev–Trinajstić information content (AvgIpc) is 3.30. The lowest BCUT2D eigenvalue weighted by Crippen LogP contribution is -2.19. The van der Waals surface area contributed by atoms with E-state index in [1.54, 1.807) is 13.0 Å². The van der Waals surface area contributed by atoms with Gasteiger partial charge in [0.15, 0.2) is 6.61 Å². The summed E-state index contributed by atoms with van der Waals surface area (Å²) in [5.74, 6) is -0.209. The average molecular weight is 453 g/mol. The number of ether oxygens (including phenoxy) is 1. The number of nitrogens with zero attached hydrogens (tertiary/aromatic N) is 5. The van der Waals surface area contributed by atoms with E-state index in [-0.39, 0.29) is 11.6 Å². The van der Waals surface area contributed by atoms with Gasteiger partial charge in [-0.1, -0.05) is 0 Å². The predicted molar refractivity (Wildman–Crippen MR) is 104 cm³/mol. The Balaban J connectivity index is 1.70. The number of aryl methyl sites for hydroxylation is 1. The molecule has 0 saturated carbocycles. The molecule has 4 aromatic heterocycles. The Kier molecular flexibility index (Phi) is 5.45. The number of hydrogen-bond donors (Lipinski definition) is 1. The number of pyridine rings is 2. The van der Waals surface area contributed by atoms with Gasteiger partial charge in [-0.2, -0.15) is 18.3 Å². The minimum atomic E-state index is -4.48. The highest BCUT2D eigenvalue weighted by Crippen LogP contribution is 2.34. The summed E-state index contributed by atoms with van der Waals surface area (Å²) in [7, 11) is 0. The second kappa shape index (κ2) is 8.09. The molecule has 4 rings (SSSR count). The van der Waals surface area contributed by atoms with Crippen molar-refractivity contribution in [3.63, 3.8) is 0 Å². The molecule has 0 radical (unpaired) electrons. The van der Waals surface area contributed by atoms with Crippen LogP contribution in [0.15, 0.2) is 43.1 Å². The van der Waals surface area contributed by atoms with E-state index in [9.17, 15) is 27.1 Å². The smallest absolute Gasteiger partial charge is 0.422 e. The number of hydrogen-bond acceptors (Lipinski definition) is 5. The third-order valence-corrected chi connectivity index (χ3v) is 4.58. The van der Waals surface area contributed by atoms with E-state index < -0.39 is 25.8 Å². The van der Waals surface area contributed by atoms with Gasteiger partial charge in [0.25, 0.3) is 6.43 Å². The van der Waals surface area contributed by atoms with E-state index in [0.717, 1.165) is 4.68 Å². The lowest BCUT2D eigenvalue weighted by molar-refractivity contribution is -0.153. The van der Waals surface area contributed by atoms with Crippen molar-refractivity contribution in [3.05, 3.63) is 48.7 Å². The van der Waals surface area contributed by atoms with Gasteiger partial charge in [-0.25, -0.2) is 13.8 Å². The standard InChI is InChI=1S/C20H16F5N5O2/c1-11-2-15(12-3-14(6-26-4-12)32-10-20(23,24)25)28-16-8-30(19(31)18(11)16)13-5-27-29(7-13)9-17(21)22/h2-8,17,31H,9-10H2,1H3. The molecule has 0 aliphatic carbocycles. The van der Waals surface area contributed by atoms with Crippen LogP contribution < -0.4 is 4.74 Å². The number of rotatable bonds is 6. The van der Waals surface area contributed by atoms with Gasteiger partial charge in [0, 0.05) is 24.2 Å². The second-order valence-corrected chi connectivity index (χ2v) is 7.03. The molecule has 0 saturated heterocycles. The number of aromatic hydroxyl groups is 1. The van der Waals surface area contributed by atoms with Crippen LogP contribution >= 0.6 is 0 Å². The van der Waals surface area contributed by atoms with Crippen LogP contribution in [0.3, 0.4) is 0 Å². The van der Waals surface area contributed by atoms with Gasteiger partial charge in [-0.05, 0) is 24.6 Å². The van der Waals surface area contributed by atoms with Gasteiger partial charge >= 0.3 is 6.18 Å². The summed E-state index contributed by atoms with van der Waals surface area (Å²) in [4.78, 5) is 8.38. The minimum Gasteiger partial charge on any atom is -0.494 e. The van der Waals surface area contributed by atoms with E-state index in [0.29, 0.717) is 33.4 Å². The molecule has 7 nitrogen and oxygen atoms in total. The molecule has 0 fully saturated rings. The highest BCUT2D eigenvalue weighted by molar-refractivity contribution is 5.90. The summed E-state index contributed by atoms with van der Waals surface area (Å²) >= 11 is 0. The van der Waals surface area contributed by atoms with Crippen LogP contribution in [0.5, 0.6) is 11.6 Å². The SMILES string of the molecule is Cc1cc(-c2cncc(OCC(F)(F)F)c2)nc2cn(-c3cnn(CC(F)F)c3)c(O)c12. The molecule has 1 N–H and O–H groups in total. The molecule has 0 amide bonds. The first-order valence-electron chi connectivity index (χ1n) is 9.28. The quantitative estimate of drug-likeness (QED) is 0.435. The summed E-state index contributed by atoms with van der Waals surface area (Å²) in [6, 6.07) is 3.04. The summed E-state index contributed by atoms with van der Waals surface area (Å²) in [6.45, 7) is -0.294. The second-order valence-electron chi connectivity index (χ2n) is 7.03. The molecular formula is C20H16F5N5O2. The molecule has 0 atom stereocenters. The highest BCUT2D eigenvalue weighted by atomic mass is 19.4. The number of fused-ring (bicyclic) bond motifs is 1. The van der Waals surface area contributed by atoms with Crippen LogP contribution in [-0.2, 0) is 6.54 Å². The fourth-order valence-corrected chi connectivity index (χ4v) is 3.25. The van der Waals surface area contributed by atoms with Gasteiger partial charge in [0.05, 0.1) is 34.7 Å². The normalized spacial score (nSPS) is 12.1. The van der Waals surface area contributed by atoms with Crippen LogP contribution in [0.1, 0.15) is 5.56 Å². The zero-order valence-electron chi connectivity index (χ0n) is 16.5. The Morgan fingerprint density at radius 3 is 2.62 bits per heavy atom. The first-order chi connectivity index (χ1) is 15.1. The van der Waals surface area contributed by atoms with Crippen molar-refractivity contribution in [1.29, 1.82) is 0 Å². The summed E-state index contributed by atoms with van der Waals surface area (Å²) in [6.07, 6.45) is -0.236. The van der Waals surface area contributed by atoms with Gasteiger partial charge < -0.3 is 9.84 Å². The maximum absolute atomic E-state index is 12.6. The van der Waals surface area contributed by atoms with Crippen molar-refractivity contribution in [3.8, 4) is 28.6 Å². The molecule has 168 valence electrons. The molecule has 32 heavy (non-hydrogen) atoms. The Labute approximate surface area is 177 Å². The summed E-state index contributed by atoms with van der Waals surface area (Å²) < 4.78 is 69.5. The summed E-state index contributed by atoms with van der Waals surface area (Å²) in [5, 5.41) is 15.0. The third-order valence-electron chi connectivity index (χ3n) is 4.58. The van der Waals surface area contributed by atoms with Gasteiger partial charge in [0.1, 0.15) is 12.3 Å². The van der Waals surface area contributed by atoms with Crippen molar-refractivity contribution in [2.45, 2.75) is 26.1 Å². The van der Waals surface area contributed by atoms with E-state index >= 15 is 0 Å². The maximum atomic E-state index is 12.6. The maximum Gasteiger partial charge on any atom is 0.422 e. The zero-order valence-corrected chi connectivity index (χ0v) is 16.5. The van der Waals surface area contributed by atoms with Crippen molar-refractivity contribution < 1.29 is 31.8 Å². The molecule has 0 bridgehead atoms. The lowest BCUT2D eigenvalue weighted by atomic mass is 10.1. The van der Waals surface area contributed by atoms with Crippen LogP contribution in [0, 0.1) is 6.92 Å². The molecule has 0 aromatic carbocycles. The van der Waals surface area contributed by atoms with Gasteiger partial charge in [-0.15, -0.1) is 0 Å². The number of halogens is 5. The van der Waals surface area contributed by atoms with Crippen LogP contribution in [0.2, 0.25) is 0 Å². The van der Waals surface area contributed by atoms with E-state index in [1.807, 2.05) is 0 Å². The van der Waals surface area contributed by atoms with Crippen molar-refractivity contribution in [1.82, 2.24) is 24.3 Å². The topological polar surface area (TPSA) is 78.0 Å². The first-order valence-corrected chi connectivity index (χ1v) is 9.28. The fourth-order valence-electron chi connectivity index (χ4n) is 3.25. The van der Waals surface area contributed by atoms with E-state index in [2.05, 4.69) is 15.1 Å². The Hall–Kier alpha value is -3.70. The molecule has 0 spiro atoms. The third kappa shape index (κ3) is 4.48. The number of aromatic nitrogens is 5. The van der Waals surface area contributed by atoms with Gasteiger partial charge in [-0.3, -0.25) is 14.2 Å². The van der Waals surface area contributed by atoms with Gasteiger partial charge in [0.2, 0.25) is 5.88 Å². The molecule has 0 unspecified atom stereocenters. The zero-order chi connectivity index (χ0) is 23.0. The fraction of sp³-hybridized carbons (Fsp3) is 0.250. The largest absolute Gasteiger partial charge is 0.494 e. The van der Waals surface area contributed by atoms with E-state index in [4.69, 9.17) is 4.74 Å². The Morgan fingerprint density at radius 1 is 1.12 bits per heavy atom. The minimum absolute atomic E-state index is 0.0637. The monoisotopic (exact) mass is 453 g/mol. The molecule has 12 heteroatoms. The Bertz CT molecular complexity index is 1270. The van der Waals surface area contributed by atoms with Crippen molar-refractivity contribution in [2.75, 3.05) is 6.61 Å². The van der Waals surface area contributed by atoms with Crippen LogP contribution in [0.4, 0.5) is 22.0 Å². The number of alkyl halides is 5. The molecule has 4 aromatic rings. The molecular weight excluding hydrogens is 437 g/mol. The molecule has 4 heterocycles. The van der Waals surface area contributed by atoms with Crippen LogP contribution in [-0.4, -0.2) is 48.6 Å². The molecule has 0 aliphatic heterocycles. The van der Waals surface area contributed by atoms with E-state index in [1.165, 1.54) is 41.6 Å². The summed E-state index contributed by atoms with van der Waals surface area (Å²) in [5.41, 5.74) is 2.23. The highest BCUT2D eigenvalue weighted by Gasteiger charge is 2.28. The van der Waals surface area contributed by atoms with Crippen molar-refractivity contribution >= 4 is 10.9 Å². The predicted octanol–water partition coefficient (Wildman–Crippen LogP) is 4.50.